The Morgan fingerprint density at radius 1 is 1.26 bits per heavy atom. The van der Waals surface area contributed by atoms with Crippen LogP contribution in [-0.4, -0.2) is 38.5 Å². The number of aliphatic hydroxyl groups excluding tert-OH is 1. The molecule has 1 saturated heterocycles. The van der Waals surface area contributed by atoms with Gasteiger partial charge in [-0.15, -0.1) is 0 Å². The van der Waals surface area contributed by atoms with Crippen LogP contribution in [0.15, 0.2) is 30.3 Å². The highest BCUT2D eigenvalue weighted by atomic mass is 19.1. The zero-order chi connectivity index (χ0) is 16.6. The summed E-state index contributed by atoms with van der Waals surface area (Å²) in [7, 11) is 0. The fourth-order valence-corrected chi connectivity index (χ4v) is 3.01. The van der Waals surface area contributed by atoms with E-state index in [1.807, 2.05) is 6.92 Å². The van der Waals surface area contributed by atoms with Crippen LogP contribution < -0.4 is 0 Å². The molecule has 0 saturated carbocycles. The Morgan fingerprint density at radius 3 is 2.61 bits per heavy atom. The van der Waals surface area contributed by atoms with Gasteiger partial charge in [-0.05, 0) is 44.0 Å². The van der Waals surface area contributed by atoms with Gasteiger partial charge < -0.3 is 10.0 Å². The molecule has 1 N–H and O–H groups in total. The van der Waals surface area contributed by atoms with Gasteiger partial charge >= 0.3 is 0 Å². The number of β-amino-alcohol motifs (C(OH)–C–C–N with tert-alkyl or cyclic N) is 1. The molecule has 0 aliphatic carbocycles. The number of hydrogen-bond donors (Lipinski definition) is 1. The van der Waals surface area contributed by atoms with Crippen LogP contribution in [0.5, 0.6) is 0 Å². The molecule has 2 atom stereocenters. The van der Waals surface area contributed by atoms with Crippen molar-refractivity contribution >= 4 is 5.91 Å². The predicted octanol–water partition coefficient (Wildman–Crippen LogP) is 2.18. The third-order valence-corrected chi connectivity index (χ3v) is 3.98. The first kappa shape index (κ1) is 15.6. The molecule has 1 aliphatic heterocycles. The van der Waals surface area contributed by atoms with E-state index in [0.29, 0.717) is 17.9 Å². The van der Waals surface area contributed by atoms with E-state index in [2.05, 4.69) is 9.97 Å². The van der Waals surface area contributed by atoms with Crippen LogP contribution in [0.1, 0.15) is 40.0 Å². The van der Waals surface area contributed by atoms with Crippen molar-refractivity contribution < 1.29 is 14.3 Å². The molecule has 5 nitrogen and oxygen atoms in total. The number of carbonyl (C=O) groups is 1. The highest BCUT2D eigenvalue weighted by Gasteiger charge is 2.36. The molecule has 0 unspecified atom stereocenters. The van der Waals surface area contributed by atoms with Gasteiger partial charge in [-0.2, -0.15) is 0 Å². The second kappa shape index (κ2) is 6.04. The molecule has 2 heterocycles. The lowest BCUT2D eigenvalue weighted by Crippen LogP contribution is -2.32. The van der Waals surface area contributed by atoms with Crippen LogP contribution in [0.2, 0.25) is 0 Å². The van der Waals surface area contributed by atoms with E-state index < -0.39 is 6.10 Å². The third kappa shape index (κ3) is 3.22. The van der Waals surface area contributed by atoms with Crippen LogP contribution in [0.4, 0.5) is 4.39 Å². The fourth-order valence-electron chi connectivity index (χ4n) is 3.01. The van der Waals surface area contributed by atoms with Gasteiger partial charge in [-0.3, -0.25) is 4.79 Å². The van der Waals surface area contributed by atoms with Gasteiger partial charge in [0.2, 0.25) is 0 Å². The molecular weight excluding hydrogens is 297 g/mol. The average molecular weight is 315 g/mol. The van der Waals surface area contributed by atoms with Gasteiger partial charge in [0.25, 0.3) is 5.91 Å². The summed E-state index contributed by atoms with van der Waals surface area (Å²) in [5.74, 6) is -0.0388. The van der Waals surface area contributed by atoms with Crippen molar-refractivity contribution in [3.8, 4) is 0 Å². The number of nitrogens with zero attached hydrogens (tertiary/aromatic N) is 3. The summed E-state index contributed by atoms with van der Waals surface area (Å²) in [6, 6.07) is 7.38. The number of rotatable bonds is 2. The van der Waals surface area contributed by atoms with Gasteiger partial charge in [0.15, 0.2) is 0 Å². The second-order valence-electron chi connectivity index (χ2n) is 5.86. The van der Waals surface area contributed by atoms with E-state index in [-0.39, 0.29) is 24.3 Å². The normalized spacial score (nSPS) is 20.8. The number of benzene rings is 1. The van der Waals surface area contributed by atoms with Gasteiger partial charge in [-0.25, -0.2) is 14.4 Å². The number of aliphatic hydroxyl groups is 1. The van der Waals surface area contributed by atoms with E-state index in [1.165, 1.54) is 12.1 Å². The Morgan fingerprint density at radius 2 is 1.96 bits per heavy atom. The third-order valence-electron chi connectivity index (χ3n) is 3.98. The Bertz CT molecular complexity index is 713. The molecule has 2 aromatic rings. The van der Waals surface area contributed by atoms with Crippen molar-refractivity contribution in [3.63, 3.8) is 0 Å². The van der Waals surface area contributed by atoms with E-state index in [1.54, 1.807) is 30.0 Å². The predicted molar refractivity (Wildman–Crippen MR) is 82.3 cm³/mol. The monoisotopic (exact) mass is 315 g/mol. The van der Waals surface area contributed by atoms with Crippen LogP contribution in [-0.2, 0) is 0 Å². The van der Waals surface area contributed by atoms with E-state index >= 15 is 0 Å². The number of halogens is 1. The molecule has 1 aliphatic rings. The SMILES string of the molecule is Cc1cc(C(=O)N2C[C@H](O)C[C@H]2c2ccc(F)cc2)nc(C)n1. The summed E-state index contributed by atoms with van der Waals surface area (Å²) < 4.78 is 13.1. The number of aryl methyl sites for hydroxylation is 2. The quantitative estimate of drug-likeness (QED) is 0.922. The Hall–Kier alpha value is -2.34. The van der Waals surface area contributed by atoms with E-state index in [9.17, 15) is 14.3 Å². The summed E-state index contributed by atoms with van der Waals surface area (Å²) in [6.07, 6.45) is -0.168. The smallest absolute Gasteiger partial charge is 0.273 e. The minimum absolute atomic E-state index is 0.239. The first-order chi connectivity index (χ1) is 10.9. The highest BCUT2D eigenvalue weighted by molar-refractivity contribution is 5.93. The lowest BCUT2D eigenvalue weighted by Gasteiger charge is -2.24. The average Bonchev–Trinajstić information content (AvgIpc) is 2.88. The minimum Gasteiger partial charge on any atom is -0.391 e. The second-order valence-corrected chi connectivity index (χ2v) is 5.86. The van der Waals surface area contributed by atoms with Gasteiger partial charge in [0.05, 0.1) is 12.1 Å². The lowest BCUT2D eigenvalue weighted by atomic mass is 10.0. The van der Waals surface area contributed by atoms with Crippen molar-refractivity contribution in [2.75, 3.05) is 6.54 Å². The molecule has 1 aromatic heterocycles. The Kier molecular flexibility index (Phi) is 4.09. The topological polar surface area (TPSA) is 66.3 Å². The number of amides is 1. The summed E-state index contributed by atoms with van der Waals surface area (Å²) in [5.41, 5.74) is 1.84. The molecule has 1 fully saturated rings. The molecule has 0 spiro atoms. The lowest BCUT2D eigenvalue weighted by molar-refractivity contribution is 0.0709. The maximum atomic E-state index is 13.1. The fraction of sp³-hybridized carbons (Fsp3) is 0.353. The molecule has 0 radical (unpaired) electrons. The molecule has 0 bridgehead atoms. The Balaban J connectivity index is 1.92. The molecule has 23 heavy (non-hydrogen) atoms. The van der Waals surface area contributed by atoms with Gasteiger partial charge in [0, 0.05) is 12.2 Å². The first-order valence-corrected chi connectivity index (χ1v) is 7.51. The number of carbonyl (C=O) groups excluding carboxylic acids is 1. The molecule has 1 aromatic carbocycles. The van der Waals surface area contributed by atoms with Crippen molar-refractivity contribution in [3.05, 3.63) is 58.9 Å². The molecular formula is C17H18FN3O2. The first-order valence-electron chi connectivity index (χ1n) is 7.51. The molecule has 120 valence electrons. The van der Waals surface area contributed by atoms with Crippen LogP contribution in [0, 0.1) is 19.7 Å². The van der Waals surface area contributed by atoms with Crippen molar-refractivity contribution in [1.82, 2.24) is 14.9 Å². The largest absolute Gasteiger partial charge is 0.391 e. The van der Waals surface area contributed by atoms with Crippen molar-refractivity contribution in [2.24, 2.45) is 0 Å². The van der Waals surface area contributed by atoms with Crippen LogP contribution in [0.25, 0.3) is 0 Å². The molecule has 3 rings (SSSR count). The molecule has 6 heteroatoms. The zero-order valence-corrected chi connectivity index (χ0v) is 13.0. The van der Waals surface area contributed by atoms with Crippen molar-refractivity contribution in [1.29, 1.82) is 0 Å². The van der Waals surface area contributed by atoms with E-state index in [0.717, 1.165) is 11.3 Å². The molecule has 1 amide bonds. The summed E-state index contributed by atoms with van der Waals surface area (Å²) in [5, 5.41) is 9.99. The number of likely N-dealkylation sites (tertiary alicyclic amines) is 1. The van der Waals surface area contributed by atoms with Crippen molar-refractivity contribution in [2.45, 2.75) is 32.4 Å². The zero-order valence-electron chi connectivity index (χ0n) is 13.0. The maximum Gasteiger partial charge on any atom is 0.273 e. The van der Waals surface area contributed by atoms with Crippen LogP contribution in [0.3, 0.4) is 0 Å². The summed E-state index contributed by atoms with van der Waals surface area (Å²) >= 11 is 0. The van der Waals surface area contributed by atoms with E-state index in [4.69, 9.17) is 0 Å². The standard InChI is InChI=1S/C17H18FN3O2/c1-10-7-15(20-11(2)19-10)17(23)21-9-14(22)8-16(21)12-3-5-13(18)6-4-12/h3-7,14,16,22H,8-9H2,1-2H3/t14-,16+/m1/s1. The minimum atomic E-state index is -0.599. The number of aromatic nitrogens is 2. The Labute approximate surface area is 133 Å². The maximum absolute atomic E-state index is 13.1. The number of hydrogen-bond acceptors (Lipinski definition) is 4. The van der Waals surface area contributed by atoms with Gasteiger partial charge in [0.1, 0.15) is 17.3 Å². The highest BCUT2D eigenvalue weighted by Crippen LogP contribution is 2.33. The van der Waals surface area contributed by atoms with Crippen LogP contribution >= 0.6 is 0 Å². The summed E-state index contributed by atoms with van der Waals surface area (Å²) in [6.45, 7) is 3.78. The summed E-state index contributed by atoms with van der Waals surface area (Å²) in [4.78, 5) is 22.8. The van der Waals surface area contributed by atoms with Gasteiger partial charge in [-0.1, -0.05) is 12.1 Å².